The lowest BCUT2D eigenvalue weighted by molar-refractivity contribution is -0.0251. The third-order valence-electron chi connectivity index (χ3n) is 3.04. The van der Waals surface area contributed by atoms with Crippen LogP contribution in [0, 0.1) is 0 Å². The first-order valence-corrected chi connectivity index (χ1v) is 7.62. The first-order valence-electron chi connectivity index (χ1n) is 6.00. The number of hydrogen-bond acceptors (Lipinski definition) is 4. The molecule has 96 valence electrons. The molecule has 1 fully saturated rings. The Morgan fingerprint density at radius 2 is 2.38 bits per heavy atom. The van der Waals surface area contributed by atoms with Gasteiger partial charge in [-0.1, -0.05) is 6.92 Å². The molecular formula is C11H24N2O2S. The normalized spacial score (nSPS) is 26.6. The van der Waals surface area contributed by atoms with E-state index in [0.717, 1.165) is 39.3 Å². The van der Waals surface area contributed by atoms with Crippen LogP contribution in [0.3, 0.4) is 0 Å². The molecule has 3 unspecified atom stereocenters. The molecule has 0 aliphatic carbocycles. The maximum absolute atomic E-state index is 11.2. The van der Waals surface area contributed by atoms with Crippen LogP contribution in [0.15, 0.2) is 0 Å². The van der Waals surface area contributed by atoms with Gasteiger partial charge in [-0.3, -0.25) is 9.11 Å². The molecule has 0 aromatic carbocycles. The van der Waals surface area contributed by atoms with Crippen LogP contribution in [0.2, 0.25) is 0 Å². The molecular weight excluding hydrogens is 224 g/mol. The van der Waals surface area contributed by atoms with Crippen molar-refractivity contribution < 1.29 is 8.95 Å². The molecule has 0 spiro atoms. The third-order valence-corrected chi connectivity index (χ3v) is 4.34. The van der Waals surface area contributed by atoms with Crippen LogP contribution in [0.4, 0.5) is 0 Å². The second kappa shape index (κ2) is 7.37. The van der Waals surface area contributed by atoms with E-state index in [2.05, 4.69) is 17.1 Å². The minimum Gasteiger partial charge on any atom is -0.374 e. The van der Waals surface area contributed by atoms with Crippen LogP contribution < -0.4 is 5.32 Å². The second-order valence-corrected chi connectivity index (χ2v) is 6.16. The summed E-state index contributed by atoms with van der Waals surface area (Å²) in [6.07, 6.45) is 2.04. The average molecular weight is 248 g/mol. The van der Waals surface area contributed by atoms with Gasteiger partial charge >= 0.3 is 0 Å². The summed E-state index contributed by atoms with van der Waals surface area (Å²) in [6, 6.07) is 0. The monoisotopic (exact) mass is 248 g/mol. The van der Waals surface area contributed by atoms with Crippen molar-refractivity contribution in [2.45, 2.75) is 25.2 Å². The summed E-state index contributed by atoms with van der Waals surface area (Å²) in [5.41, 5.74) is 0. The highest BCUT2D eigenvalue weighted by molar-refractivity contribution is 7.84. The fourth-order valence-electron chi connectivity index (χ4n) is 1.76. The van der Waals surface area contributed by atoms with Gasteiger partial charge in [0.05, 0.1) is 12.7 Å². The summed E-state index contributed by atoms with van der Waals surface area (Å²) in [6.45, 7) is 9.81. The third kappa shape index (κ3) is 4.91. The van der Waals surface area contributed by atoms with Crippen LogP contribution >= 0.6 is 0 Å². The van der Waals surface area contributed by atoms with Gasteiger partial charge in [0.2, 0.25) is 0 Å². The lowest BCUT2D eigenvalue weighted by Gasteiger charge is -2.32. The molecule has 4 nitrogen and oxygen atoms in total. The van der Waals surface area contributed by atoms with Gasteiger partial charge in [-0.25, -0.2) is 0 Å². The van der Waals surface area contributed by atoms with E-state index in [-0.39, 0.29) is 11.4 Å². The van der Waals surface area contributed by atoms with E-state index in [4.69, 9.17) is 4.74 Å². The maximum Gasteiger partial charge on any atom is 0.0826 e. The molecule has 0 saturated carbocycles. The van der Waals surface area contributed by atoms with Crippen molar-refractivity contribution in [1.82, 2.24) is 10.2 Å². The Labute approximate surface area is 101 Å². The predicted octanol–water partition coefficient (Wildman–Crippen LogP) is 0.0637. The maximum atomic E-state index is 11.2. The summed E-state index contributed by atoms with van der Waals surface area (Å²) in [5, 5.41) is 3.55. The van der Waals surface area contributed by atoms with Crippen molar-refractivity contribution in [3.63, 3.8) is 0 Å². The zero-order valence-corrected chi connectivity index (χ0v) is 11.4. The van der Waals surface area contributed by atoms with Crippen LogP contribution in [0.1, 0.15) is 13.8 Å². The minimum atomic E-state index is -0.739. The molecule has 0 radical (unpaired) electrons. The predicted molar refractivity (Wildman–Crippen MR) is 68.3 cm³/mol. The number of hydrogen-bond donors (Lipinski definition) is 1. The van der Waals surface area contributed by atoms with E-state index in [0.29, 0.717) is 0 Å². The van der Waals surface area contributed by atoms with Crippen molar-refractivity contribution in [2.24, 2.45) is 0 Å². The van der Waals surface area contributed by atoms with Gasteiger partial charge < -0.3 is 10.1 Å². The quantitative estimate of drug-likeness (QED) is 0.722. The molecule has 1 saturated heterocycles. The summed E-state index contributed by atoms with van der Waals surface area (Å²) < 4.78 is 16.8. The molecule has 1 rings (SSSR count). The van der Waals surface area contributed by atoms with Crippen molar-refractivity contribution >= 4 is 10.8 Å². The molecule has 1 aliphatic heterocycles. The van der Waals surface area contributed by atoms with Crippen LogP contribution in [0.25, 0.3) is 0 Å². The Morgan fingerprint density at radius 1 is 1.62 bits per heavy atom. The Morgan fingerprint density at radius 3 is 3.00 bits per heavy atom. The van der Waals surface area contributed by atoms with Crippen molar-refractivity contribution in [3.05, 3.63) is 0 Å². The van der Waals surface area contributed by atoms with Crippen molar-refractivity contribution in [2.75, 3.05) is 45.6 Å². The van der Waals surface area contributed by atoms with Gasteiger partial charge in [0.15, 0.2) is 0 Å². The van der Waals surface area contributed by atoms with Gasteiger partial charge in [-0.15, -0.1) is 0 Å². The molecule has 0 aromatic heterocycles. The topological polar surface area (TPSA) is 41.6 Å². The molecule has 0 bridgehead atoms. The van der Waals surface area contributed by atoms with Crippen LogP contribution in [0.5, 0.6) is 0 Å². The van der Waals surface area contributed by atoms with Crippen molar-refractivity contribution in [1.29, 1.82) is 0 Å². The van der Waals surface area contributed by atoms with E-state index < -0.39 is 10.8 Å². The van der Waals surface area contributed by atoms with E-state index in [1.54, 1.807) is 6.26 Å². The SMILES string of the molecule is CCN1CCOC(CNCC(C)S(C)=O)C1. The van der Waals surface area contributed by atoms with Crippen molar-refractivity contribution in [3.8, 4) is 0 Å². The van der Waals surface area contributed by atoms with Gasteiger partial charge in [0.25, 0.3) is 0 Å². The smallest absolute Gasteiger partial charge is 0.0826 e. The number of likely N-dealkylation sites (N-methyl/N-ethyl adjacent to an activating group) is 1. The molecule has 16 heavy (non-hydrogen) atoms. The molecule has 1 N–H and O–H groups in total. The average Bonchev–Trinajstić information content (AvgIpc) is 2.29. The summed E-state index contributed by atoms with van der Waals surface area (Å²) in [5.74, 6) is 0. The molecule has 5 heteroatoms. The molecule has 1 heterocycles. The van der Waals surface area contributed by atoms with Gasteiger partial charge in [-0.05, 0) is 13.5 Å². The molecule has 1 aliphatic rings. The Kier molecular flexibility index (Phi) is 6.49. The van der Waals surface area contributed by atoms with Gasteiger partial charge in [-0.2, -0.15) is 0 Å². The standard InChI is InChI=1S/C11H24N2O2S/c1-4-13-5-6-15-11(9-13)8-12-7-10(2)16(3)14/h10-12H,4-9H2,1-3H3. The molecule has 0 amide bonds. The lowest BCUT2D eigenvalue weighted by Crippen LogP contribution is -2.47. The Hall–Kier alpha value is 0.0300. The van der Waals surface area contributed by atoms with Crippen LogP contribution in [-0.4, -0.2) is 66.0 Å². The summed E-state index contributed by atoms with van der Waals surface area (Å²) in [4.78, 5) is 2.40. The fraction of sp³-hybridized carbons (Fsp3) is 1.00. The highest BCUT2D eigenvalue weighted by atomic mass is 32.2. The number of ether oxygens (including phenoxy) is 1. The zero-order chi connectivity index (χ0) is 12.0. The van der Waals surface area contributed by atoms with E-state index in [1.807, 2.05) is 6.92 Å². The highest BCUT2D eigenvalue weighted by Gasteiger charge is 2.18. The number of nitrogens with zero attached hydrogens (tertiary/aromatic N) is 1. The minimum absolute atomic E-state index is 0.214. The molecule has 0 aromatic rings. The number of rotatable bonds is 6. The zero-order valence-electron chi connectivity index (χ0n) is 10.6. The Balaban J connectivity index is 2.15. The van der Waals surface area contributed by atoms with Gasteiger partial charge in [0, 0.05) is 48.5 Å². The number of morpholine rings is 1. The largest absolute Gasteiger partial charge is 0.374 e. The van der Waals surface area contributed by atoms with E-state index in [9.17, 15) is 4.21 Å². The lowest BCUT2D eigenvalue weighted by atomic mass is 10.2. The fourth-order valence-corrected chi connectivity index (χ4v) is 2.11. The van der Waals surface area contributed by atoms with E-state index in [1.165, 1.54) is 0 Å². The van der Waals surface area contributed by atoms with E-state index >= 15 is 0 Å². The number of nitrogens with one attached hydrogen (secondary N) is 1. The first-order chi connectivity index (χ1) is 7.63. The van der Waals surface area contributed by atoms with Gasteiger partial charge in [0.1, 0.15) is 0 Å². The summed E-state index contributed by atoms with van der Waals surface area (Å²) in [7, 11) is -0.739. The molecule has 3 atom stereocenters. The summed E-state index contributed by atoms with van der Waals surface area (Å²) >= 11 is 0. The Bertz CT molecular complexity index is 226. The first kappa shape index (κ1) is 14.1. The second-order valence-electron chi connectivity index (χ2n) is 4.35. The van der Waals surface area contributed by atoms with Crippen LogP contribution in [-0.2, 0) is 15.5 Å². The highest BCUT2D eigenvalue weighted by Crippen LogP contribution is 2.03.